The van der Waals surface area contributed by atoms with Gasteiger partial charge in [-0.1, -0.05) is 49.4 Å². The number of thiophene rings is 1. The number of rotatable bonds is 5. The van der Waals surface area contributed by atoms with E-state index in [2.05, 4.69) is 34.4 Å². The van der Waals surface area contributed by atoms with Crippen molar-refractivity contribution >= 4 is 33.4 Å². The summed E-state index contributed by atoms with van der Waals surface area (Å²) >= 11 is 1.76. The van der Waals surface area contributed by atoms with Crippen LogP contribution >= 0.6 is 11.3 Å². The quantitative estimate of drug-likeness (QED) is 0.511. The molecule has 7 heteroatoms. The zero-order valence-corrected chi connectivity index (χ0v) is 15.8. The molecule has 0 saturated carbocycles. The molecule has 3 amide bonds. The van der Waals surface area contributed by atoms with E-state index in [1.165, 1.54) is 15.0 Å². The van der Waals surface area contributed by atoms with Gasteiger partial charge in [0.05, 0.1) is 6.04 Å². The minimum Gasteiger partial charge on any atom is -0.333 e. The number of nitrogens with one attached hydrogen (secondary N) is 3. The summed E-state index contributed by atoms with van der Waals surface area (Å²) in [4.78, 5) is 24.5. The lowest BCUT2D eigenvalue weighted by Gasteiger charge is -2.12. The molecule has 3 aromatic rings. The zero-order valence-electron chi connectivity index (χ0n) is 15.0. The van der Waals surface area contributed by atoms with E-state index in [1.807, 2.05) is 36.4 Å². The summed E-state index contributed by atoms with van der Waals surface area (Å²) in [6.07, 6.45) is 0.501. The molecular formula is C20H22N4O2S. The highest BCUT2D eigenvalue weighted by Gasteiger charge is 2.11. The fraction of sp³-hybridized carbons (Fsp3) is 0.200. The maximum Gasteiger partial charge on any atom is 0.333 e. The van der Waals surface area contributed by atoms with Crippen LogP contribution in [0.1, 0.15) is 18.9 Å². The molecule has 0 spiro atoms. The van der Waals surface area contributed by atoms with Crippen molar-refractivity contribution in [2.75, 3.05) is 0 Å². The van der Waals surface area contributed by atoms with Gasteiger partial charge in [-0.05, 0) is 35.1 Å². The molecule has 0 radical (unpaired) electrons. The smallest absolute Gasteiger partial charge is 0.333 e. The van der Waals surface area contributed by atoms with E-state index in [9.17, 15) is 9.59 Å². The Bertz CT molecular complexity index is 904. The number of hydrazine groups is 1. The van der Waals surface area contributed by atoms with Crippen LogP contribution in [0.15, 0.2) is 54.6 Å². The lowest BCUT2D eigenvalue weighted by molar-refractivity contribution is -0.123. The van der Waals surface area contributed by atoms with Gasteiger partial charge >= 0.3 is 6.03 Å². The Morgan fingerprint density at radius 2 is 1.81 bits per heavy atom. The van der Waals surface area contributed by atoms with Gasteiger partial charge in [-0.3, -0.25) is 10.2 Å². The molecule has 0 bridgehead atoms. The third-order valence-corrected chi connectivity index (χ3v) is 5.36. The van der Waals surface area contributed by atoms with E-state index < -0.39 is 18.0 Å². The van der Waals surface area contributed by atoms with E-state index in [4.69, 9.17) is 5.73 Å². The van der Waals surface area contributed by atoms with E-state index >= 15 is 0 Å². The third-order valence-electron chi connectivity index (χ3n) is 4.19. The predicted octanol–water partition coefficient (Wildman–Crippen LogP) is 3.14. The Morgan fingerprint density at radius 3 is 2.52 bits per heavy atom. The molecule has 0 aliphatic heterocycles. The monoisotopic (exact) mass is 382 g/mol. The highest BCUT2D eigenvalue weighted by Crippen LogP contribution is 2.33. The molecule has 5 N–H and O–H groups in total. The summed E-state index contributed by atoms with van der Waals surface area (Å²) in [7, 11) is 0. The van der Waals surface area contributed by atoms with E-state index in [1.54, 1.807) is 18.3 Å². The maximum absolute atomic E-state index is 11.7. The molecule has 6 nitrogen and oxygen atoms in total. The second kappa shape index (κ2) is 8.66. The molecule has 1 heterocycles. The van der Waals surface area contributed by atoms with Crippen LogP contribution in [-0.4, -0.2) is 18.0 Å². The molecular weight excluding hydrogens is 360 g/mol. The van der Waals surface area contributed by atoms with Crippen molar-refractivity contribution in [3.63, 3.8) is 0 Å². The first-order valence-electron chi connectivity index (χ1n) is 8.74. The standard InChI is InChI=1S/C20H22N4O2S/c1-2-16(21)19(25)23-24-20(26)22-12-13-7-9-14(10-8-13)18-11-15-5-3-4-6-17(15)27-18/h3-11,16H,2,12,21H2,1H3,(H,23,25)(H2,22,24,26). The minimum absolute atomic E-state index is 0.355. The highest BCUT2D eigenvalue weighted by atomic mass is 32.1. The Balaban J connectivity index is 1.53. The van der Waals surface area contributed by atoms with Crippen LogP contribution in [0, 0.1) is 0 Å². The number of urea groups is 1. The van der Waals surface area contributed by atoms with Crippen LogP contribution < -0.4 is 21.9 Å². The van der Waals surface area contributed by atoms with Crippen LogP contribution in [0.2, 0.25) is 0 Å². The van der Waals surface area contributed by atoms with E-state index in [-0.39, 0.29) is 0 Å². The SMILES string of the molecule is CCC(N)C(=O)NNC(=O)NCc1ccc(-c2cc3ccccc3s2)cc1. The van der Waals surface area contributed by atoms with Gasteiger partial charge in [-0.2, -0.15) is 0 Å². The van der Waals surface area contributed by atoms with Gasteiger partial charge in [0.15, 0.2) is 0 Å². The van der Waals surface area contributed by atoms with Crippen LogP contribution in [0.4, 0.5) is 4.79 Å². The second-order valence-corrected chi connectivity index (χ2v) is 7.24. The van der Waals surface area contributed by atoms with Crippen molar-refractivity contribution in [2.24, 2.45) is 5.73 Å². The molecule has 140 valence electrons. The minimum atomic E-state index is -0.633. The summed E-state index contributed by atoms with van der Waals surface area (Å²) in [5.41, 5.74) is 12.3. The van der Waals surface area contributed by atoms with Crippen molar-refractivity contribution in [3.05, 3.63) is 60.2 Å². The number of amides is 3. The van der Waals surface area contributed by atoms with Crippen molar-refractivity contribution in [2.45, 2.75) is 25.9 Å². The fourth-order valence-corrected chi connectivity index (χ4v) is 3.60. The summed E-state index contributed by atoms with van der Waals surface area (Å²) < 4.78 is 1.26. The maximum atomic E-state index is 11.7. The normalized spacial score (nSPS) is 11.8. The van der Waals surface area contributed by atoms with E-state index in [0.717, 1.165) is 11.1 Å². The molecule has 2 aromatic carbocycles. The Morgan fingerprint density at radius 1 is 1.07 bits per heavy atom. The molecule has 0 aliphatic rings. The zero-order chi connectivity index (χ0) is 19.2. The number of fused-ring (bicyclic) bond motifs is 1. The molecule has 1 unspecified atom stereocenters. The summed E-state index contributed by atoms with van der Waals surface area (Å²) in [6, 6.07) is 17.4. The topological polar surface area (TPSA) is 96.2 Å². The van der Waals surface area contributed by atoms with Crippen molar-refractivity contribution < 1.29 is 9.59 Å². The first kappa shape index (κ1) is 18.9. The second-order valence-electron chi connectivity index (χ2n) is 6.16. The fourth-order valence-electron chi connectivity index (χ4n) is 2.53. The lowest BCUT2D eigenvalue weighted by atomic mass is 10.1. The average molecular weight is 382 g/mol. The molecule has 3 rings (SSSR count). The van der Waals surface area contributed by atoms with E-state index in [0.29, 0.717) is 13.0 Å². The number of hydrogen-bond donors (Lipinski definition) is 4. The van der Waals surface area contributed by atoms with Crippen molar-refractivity contribution in [3.8, 4) is 10.4 Å². The molecule has 27 heavy (non-hydrogen) atoms. The summed E-state index contributed by atoms with van der Waals surface area (Å²) in [6.45, 7) is 2.15. The molecule has 1 aromatic heterocycles. The van der Waals surface area contributed by atoms with Gasteiger partial charge in [0, 0.05) is 16.1 Å². The average Bonchev–Trinajstić information content (AvgIpc) is 3.14. The van der Waals surface area contributed by atoms with Crippen LogP contribution in [-0.2, 0) is 11.3 Å². The third kappa shape index (κ3) is 4.84. The van der Waals surface area contributed by atoms with Gasteiger partial charge in [-0.25, -0.2) is 10.2 Å². The Hall–Kier alpha value is -2.90. The lowest BCUT2D eigenvalue weighted by Crippen LogP contribution is -2.51. The first-order valence-corrected chi connectivity index (χ1v) is 9.55. The van der Waals surface area contributed by atoms with Gasteiger partial charge in [0.25, 0.3) is 5.91 Å². The number of carbonyl (C=O) groups excluding carboxylic acids is 2. The molecule has 1 atom stereocenters. The summed E-state index contributed by atoms with van der Waals surface area (Å²) in [5.74, 6) is -0.416. The highest BCUT2D eigenvalue weighted by molar-refractivity contribution is 7.22. The molecule has 0 fully saturated rings. The predicted molar refractivity (Wildman–Crippen MR) is 109 cm³/mol. The van der Waals surface area contributed by atoms with Gasteiger partial charge in [-0.15, -0.1) is 11.3 Å². The van der Waals surface area contributed by atoms with Gasteiger partial charge < -0.3 is 11.1 Å². The van der Waals surface area contributed by atoms with Crippen molar-refractivity contribution in [1.82, 2.24) is 16.2 Å². The number of benzene rings is 2. The number of hydrogen-bond acceptors (Lipinski definition) is 4. The molecule has 0 aliphatic carbocycles. The Kier molecular flexibility index (Phi) is 6.05. The Labute approximate surface area is 161 Å². The largest absolute Gasteiger partial charge is 0.333 e. The van der Waals surface area contributed by atoms with Crippen LogP contribution in [0.5, 0.6) is 0 Å². The summed E-state index contributed by atoms with van der Waals surface area (Å²) in [5, 5.41) is 3.93. The number of nitrogens with two attached hydrogens (primary N) is 1. The van der Waals surface area contributed by atoms with Crippen LogP contribution in [0.25, 0.3) is 20.5 Å². The van der Waals surface area contributed by atoms with Crippen molar-refractivity contribution in [1.29, 1.82) is 0 Å². The first-order chi connectivity index (χ1) is 13.1. The van der Waals surface area contributed by atoms with Crippen LogP contribution in [0.3, 0.4) is 0 Å². The molecule has 0 saturated heterocycles. The van der Waals surface area contributed by atoms with Gasteiger partial charge in [0.1, 0.15) is 0 Å². The van der Waals surface area contributed by atoms with Gasteiger partial charge in [0.2, 0.25) is 0 Å². The number of carbonyl (C=O) groups is 2.